The minimum atomic E-state index is 0.352. The van der Waals surface area contributed by atoms with E-state index in [-0.39, 0.29) is 0 Å². The van der Waals surface area contributed by atoms with E-state index in [2.05, 4.69) is 47.0 Å². The molecule has 0 saturated carbocycles. The number of fused-ring (bicyclic) bond motifs is 1. The zero-order chi connectivity index (χ0) is 22.4. The van der Waals surface area contributed by atoms with Crippen molar-refractivity contribution < 1.29 is 0 Å². The van der Waals surface area contributed by atoms with E-state index >= 15 is 0 Å². The van der Waals surface area contributed by atoms with Crippen molar-refractivity contribution in [2.45, 2.75) is 45.7 Å². The number of anilines is 2. The Balaban J connectivity index is 0.00000132. The van der Waals surface area contributed by atoms with Crippen molar-refractivity contribution in [3.63, 3.8) is 0 Å². The Kier molecular flexibility index (Phi) is 8.21. The first-order valence-electron chi connectivity index (χ1n) is 11.6. The SMILES string of the molecule is CC.CN1CCN(c2cc(CN(C)C3CCCc4cccnc43)nc(N(C)C)n2)CC1. The molecule has 1 saturated heterocycles. The van der Waals surface area contributed by atoms with Crippen LogP contribution in [0.2, 0.25) is 0 Å². The molecule has 0 radical (unpaired) electrons. The molecule has 0 aromatic carbocycles. The molecule has 0 bridgehead atoms. The van der Waals surface area contributed by atoms with Crippen LogP contribution in [0.4, 0.5) is 11.8 Å². The van der Waals surface area contributed by atoms with E-state index in [0.29, 0.717) is 6.04 Å². The fourth-order valence-corrected chi connectivity index (χ4v) is 4.33. The summed E-state index contributed by atoms with van der Waals surface area (Å²) in [6.45, 7) is 8.96. The van der Waals surface area contributed by atoms with Gasteiger partial charge in [0.1, 0.15) is 5.82 Å². The van der Waals surface area contributed by atoms with Crippen LogP contribution in [0.25, 0.3) is 0 Å². The molecule has 31 heavy (non-hydrogen) atoms. The second-order valence-electron chi connectivity index (χ2n) is 8.57. The summed E-state index contributed by atoms with van der Waals surface area (Å²) < 4.78 is 0. The Morgan fingerprint density at radius 3 is 2.52 bits per heavy atom. The number of hydrogen-bond donors (Lipinski definition) is 0. The van der Waals surface area contributed by atoms with Crippen molar-refractivity contribution in [1.29, 1.82) is 0 Å². The maximum atomic E-state index is 4.85. The average Bonchev–Trinajstić information content (AvgIpc) is 2.80. The normalized spacial score (nSPS) is 18.9. The Morgan fingerprint density at radius 1 is 1.06 bits per heavy atom. The Hall–Kier alpha value is -2.25. The largest absolute Gasteiger partial charge is 0.354 e. The van der Waals surface area contributed by atoms with E-state index in [0.717, 1.165) is 63.0 Å². The minimum Gasteiger partial charge on any atom is -0.354 e. The molecule has 7 nitrogen and oxygen atoms in total. The maximum Gasteiger partial charge on any atom is 0.227 e. The van der Waals surface area contributed by atoms with Crippen molar-refractivity contribution in [2.75, 3.05) is 64.2 Å². The summed E-state index contributed by atoms with van der Waals surface area (Å²) in [6, 6.07) is 6.81. The van der Waals surface area contributed by atoms with Gasteiger partial charge in [0.15, 0.2) is 0 Å². The summed E-state index contributed by atoms with van der Waals surface area (Å²) in [6.07, 6.45) is 5.43. The van der Waals surface area contributed by atoms with Crippen molar-refractivity contribution in [3.8, 4) is 0 Å². The van der Waals surface area contributed by atoms with E-state index in [4.69, 9.17) is 15.0 Å². The van der Waals surface area contributed by atoms with Gasteiger partial charge in [0.05, 0.1) is 17.4 Å². The van der Waals surface area contributed by atoms with E-state index in [9.17, 15) is 0 Å². The summed E-state index contributed by atoms with van der Waals surface area (Å²) in [4.78, 5) is 23.5. The second-order valence-corrected chi connectivity index (χ2v) is 8.57. The molecule has 1 fully saturated rings. The van der Waals surface area contributed by atoms with E-state index < -0.39 is 0 Å². The topological polar surface area (TPSA) is 51.6 Å². The van der Waals surface area contributed by atoms with Crippen molar-refractivity contribution in [3.05, 3.63) is 41.3 Å². The van der Waals surface area contributed by atoms with Crippen LogP contribution in [0.5, 0.6) is 0 Å². The van der Waals surface area contributed by atoms with Crippen molar-refractivity contribution in [1.82, 2.24) is 24.8 Å². The van der Waals surface area contributed by atoms with E-state index in [1.807, 2.05) is 39.0 Å². The van der Waals surface area contributed by atoms with Gasteiger partial charge < -0.3 is 14.7 Å². The first-order valence-corrected chi connectivity index (χ1v) is 11.6. The van der Waals surface area contributed by atoms with Gasteiger partial charge in [0, 0.05) is 59.1 Å². The van der Waals surface area contributed by atoms with Gasteiger partial charge in [-0.15, -0.1) is 0 Å². The summed E-state index contributed by atoms with van der Waals surface area (Å²) in [7, 11) is 8.40. The van der Waals surface area contributed by atoms with E-state index in [1.165, 1.54) is 17.7 Å². The number of aromatic nitrogens is 3. The lowest BCUT2D eigenvalue weighted by atomic mass is 9.91. The average molecular weight is 426 g/mol. The zero-order valence-electron chi connectivity index (χ0n) is 20.2. The Labute approximate surface area is 188 Å². The highest BCUT2D eigenvalue weighted by Crippen LogP contribution is 2.33. The number of nitrogens with zero attached hydrogens (tertiary/aromatic N) is 7. The molecule has 2 aliphatic rings. The third-order valence-electron chi connectivity index (χ3n) is 6.09. The van der Waals surface area contributed by atoms with Gasteiger partial charge in [0.25, 0.3) is 0 Å². The first kappa shape index (κ1) is 23.4. The van der Waals surface area contributed by atoms with Crippen molar-refractivity contribution in [2.24, 2.45) is 0 Å². The number of piperazine rings is 1. The van der Waals surface area contributed by atoms with Crippen LogP contribution in [-0.4, -0.2) is 79.1 Å². The standard InChI is InChI=1S/C22H33N7.C2H6/c1-26(2)22-24-18(15-20(25-22)29-13-11-27(3)12-14-29)16-28(4)19-9-5-7-17-8-6-10-23-21(17)19;1-2/h6,8,10,15,19H,5,7,9,11-14,16H2,1-4H3;1-2H3. The first-order chi connectivity index (χ1) is 15.0. The summed E-state index contributed by atoms with van der Waals surface area (Å²) >= 11 is 0. The molecule has 2 aromatic rings. The quantitative estimate of drug-likeness (QED) is 0.729. The van der Waals surface area contributed by atoms with Crippen LogP contribution < -0.4 is 9.80 Å². The van der Waals surface area contributed by atoms with Gasteiger partial charge in [0.2, 0.25) is 5.95 Å². The van der Waals surface area contributed by atoms with Gasteiger partial charge in [-0.05, 0) is 45.0 Å². The highest BCUT2D eigenvalue weighted by molar-refractivity contribution is 5.46. The summed E-state index contributed by atoms with van der Waals surface area (Å²) in [5.41, 5.74) is 3.70. The maximum absolute atomic E-state index is 4.85. The number of aryl methyl sites for hydroxylation is 1. The molecule has 4 rings (SSSR count). The molecule has 170 valence electrons. The lowest BCUT2D eigenvalue weighted by Crippen LogP contribution is -2.45. The summed E-state index contributed by atoms with van der Waals surface area (Å²) in [5, 5.41) is 0. The highest BCUT2D eigenvalue weighted by Gasteiger charge is 2.26. The molecule has 0 amide bonds. The lowest BCUT2D eigenvalue weighted by Gasteiger charge is -2.34. The molecule has 0 N–H and O–H groups in total. The fourth-order valence-electron chi connectivity index (χ4n) is 4.33. The van der Waals surface area contributed by atoms with Crippen LogP contribution >= 0.6 is 0 Å². The fraction of sp³-hybridized carbons (Fsp3) is 0.625. The predicted octanol–water partition coefficient (Wildman–Crippen LogP) is 3.23. The van der Waals surface area contributed by atoms with Crippen LogP contribution in [0, 0.1) is 0 Å². The third kappa shape index (κ3) is 5.71. The van der Waals surface area contributed by atoms with Gasteiger partial charge in [-0.2, -0.15) is 4.98 Å². The third-order valence-corrected chi connectivity index (χ3v) is 6.09. The van der Waals surface area contributed by atoms with Gasteiger partial charge in [-0.1, -0.05) is 19.9 Å². The van der Waals surface area contributed by atoms with Gasteiger partial charge >= 0.3 is 0 Å². The highest BCUT2D eigenvalue weighted by atomic mass is 15.3. The number of hydrogen-bond acceptors (Lipinski definition) is 7. The van der Waals surface area contributed by atoms with Crippen molar-refractivity contribution >= 4 is 11.8 Å². The number of rotatable bonds is 5. The van der Waals surface area contributed by atoms with Gasteiger partial charge in [-0.3, -0.25) is 9.88 Å². The van der Waals surface area contributed by atoms with Crippen LogP contribution in [0.15, 0.2) is 24.4 Å². The predicted molar refractivity (Wildman–Crippen MR) is 129 cm³/mol. The van der Waals surface area contributed by atoms with Crippen LogP contribution in [0.3, 0.4) is 0 Å². The van der Waals surface area contributed by atoms with Crippen LogP contribution in [-0.2, 0) is 13.0 Å². The number of pyridine rings is 1. The minimum absolute atomic E-state index is 0.352. The molecule has 1 unspecified atom stereocenters. The molecular weight excluding hydrogens is 386 g/mol. The zero-order valence-corrected chi connectivity index (χ0v) is 20.2. The van der Waals surface area contributed by atoms with E-state index in [1.54, 1.807) is 0 Å². The molecule has 2 aromatic heterocycles. The smallest absolute Gasteiger partial charge is 0.227 e. The molecular formula is C24H39N7. The molecule has 0 spiro atoms. The molecule has 1 aliphatic heterocycles. The Morgan fingerprint density at radius 2 is 1.81 bits per heavy atom. The second kappa shape index (κ2) is 10.9. The number of likely N-dealkylation sites (N-methyl/N-ethyl adjacent to an activating group) is 1. The molecule has 3 heterocycles. The Bertz CT molecular complexity index is 830. The van der Waals surface area contributed by atoms with Crippen LogP contribution in [0.1, 0.15) is 49.7 Å². The lowest BCUT2D eigenvalue weighted by molar-refractivity contribution is 0.206. The summed E-state index contributed by atoms with van der Waals surface area (Å²) in [5.74, 6) is 1.83. The monoisotopic (exact) mass is 425 g/mol. The molecule has 1 aliphatic carbocycles. The van der Waals surface area contributed by atoms with Gasteiger partial charge in [-0.25, -0.2) is 4.98 Å². The molecule has 1 atom stereocenters. The molecule has 7 heteroatoms.